The number of nitrogens with one attached hydrogen (secondary N) is 2. The Kier molecular flexibility index (Phi) is 4.57. The topological polar surface area (TPSA) is 86.1 Å². The Morgan fingerprint density at radius 2 is 1.94 bits per heavy atom. The van der Waals surface area contributed by atoms with E-state index in [-0.39, 0.29) is 11.7 Å². The number of nitrogens with two attached hydrogens (primary N) is 1. The second-order valence-corrected chi connectivity index (χ2v) is 3.26. The van der Waals surface area contributed by atoms with E-state index in [9.17, 15) is 0 Å². The number of rotatable bonds is 4. The van der Waals surface area contributed by atoms with Crippen LogP contribution in [0.15, 0.2) is 59.6 Å². The molecule has 1 rings (SSSR count). The van der Waals surface area contributed by atoms with Crippen molar-refractivity contribution in [3.05, 3.63) is 60.2 Å². The molecule has 0 saturated heterocycles. The smallest absolute Gasteiger partial charge is 0.153 e. The van der Waals surface area contributed by atoms with E-state index in [0.29, 0.717) is 5.57 Å². The zero-order valence-corrected chi connectivity index (χ0v) is 9.35. The molecule has 0 fully saturated rings. The van der Waals surface area contributed by atoms with Gasteiger partial charge < -0.3 is 11.1 Å². The monoisotopic (exact) mass is 226 g/mol. The van der Waals surface area contributed by atoms with E-state index >= 15 is 0 Å². The van der Waals surface area contributed by atoms with Gasteiger partial charge in [-0.05, 0) is 6.08 Å². The fraction of sp³-hybridized carbons (Fsp3) is 0. The Hall–Kier alpha value is -2.49. The van der Waals surface area contributed by atoms with Crippen molar-refractivity contribution in [1.82, 2.24) is 0 Å². The lowest BCUT2D eigenvalue weighted by Gasteiger charge is -2.01. The summed E-state index contributed by atoms with van der Waals surface area (Å²) in [6.45, 7) is 3.66. The second-order valence-electron chi connectivity index (χ2n) is 3.26. The first-order valence-corrected chi connectivity index (χ1v) is 4.99. The Balaban J connectivity index is 2.83. The Bertz CT molecular complexity index is 483. The van der Waals surface area contributed by atoms with Gasteiger partial charge in [-0.1, -0.05) is 43.0 Å². The summed E-state index contributed by atoms with van der Waals surface area (Å²) < 4.78 is 0. The summed E-state index contributed by atoms with van der Waals surface area (Å²) in [6, 6.07) is 9.23. The number of aliphatic imine (C=N–C) groups is 1. The van der Waals surface area contributed by atoms with Crippen molar-refractivity contribution in [2.24, 2.45) is 10.7 Å². The predicted molar refractivity (Wildman–Crippen MR) is 72.0 cm³/mol. The predicted octanol–water partition coefficient (Wildman–Crippen LogP) is 2.13. The van der Waals surface area contributed by atoms with Crippen LogP contribution in [-0.4, -0.2) is 17.9 Å². The normalized spacial score (nSPS) is 11.4. The van der Waals surface area contributed by atoms with Gasteiger partial charge in [0.1, 0.15) is 5.84 Å². The van der Waals surface area contributed by atoms with Gasteiger partial charge in [-0.2, -0.15) is 0 Å². The van der Waals surface area contributed by atoms with E-state index in [0.717, 1.165) is 11.8 Å². The van der Waals surface area contributed by atoms with Crippen LogP contribution in [0.3, 0.4) is 0 Å². The quantitative estimate of drug-likeness (QED) is 0.410. The SMILES string of the molecule is C=C(/C=C\C=N)C(=N)N=C(N)c1ccccc1. The van der Waals surface area contributed by atoms with Crippen LogP contribution in [0.5, 0.6) is 0 Å². The third kappa shape index (κ3) is 3.87. The van der Waals surface area contributed by atoms with E-state index in [2.05, 4.69) is 11.6 Å². The number of hydrogen-bond donors (Lipinski definition) is 3. The number of hydrogen-bond acceptors (Lipinski definition) is 2. The second kappa shape index (κ2) is 6.17. The van der Waals surface area contributed by atoms with Gasteiger partial charge in [-0.15, -0.1) is 0 Å². The highest BCUT2D eigenvalue weighted by Crippen LogP contribution is 2.01. The van der Waals surface area contributed by atoms with E-state index in [1.54, 1.807) is 0 Å². The van der Waals surface area contributed by atoms with Crippen molar-refractivity contribution in [1.29, 1.82) is 10.8 Å². The van der Waals surface area contributed by atoms with Crippen molar-refractivity contribution in [2.45, 2.75) is 0 Å². The van der Waals surface area contributed by atoms with Gasteiger partial charge in [-0.3, -0.25) is 5.41 Å². The largest absolute Gasteiger partial charge is 0.383 e. The molecule has 0 atom stereocenters. The first kappa shape index (κ1) is 12.6. The van der Waals surface area contributed by atoms with Crippen LogP contribution in [0.2, 0.25) is 0 Å². The first-order valence-electron chi connectivity index (χ1n) is 4.99. The van der Waals surface area contributed by atoms with Crippen LogP contribution in [-0.2, 0) is 0 Å². The van der Waals surface area contributed by atoms with Crippen molar-refractivity contribution in [2.75, 3.05) is 0 Å². The summed E-state index contributed by atoms with van der Waals surface area (Å²) in [7, 11) is 0. The van der Waals surface area contributed by atoms with Crippen LogP contribution < -0.4 is 5.73 Å². The van der Waals surface area contributed by atoms with E-state index in [1.807, 2.05) is 30.3 Å². The zero-order valence-electron chi connectivity index (χ0n) is 9.35. The number of amidine groups is 2. The first-order chi connectivity index (χ1) is 8.15. The molecule has 0 aromatic heterocycles. The van der Waals surface area contributed by atoms with Crippen molar-refractivity contribution >= 4 is 17.9 Å². The molecule has 17 heavy (non-hydrogen) atoms. The van der Waals surface area contributed by atoms with Crippen molar-refractivity contribution < 1.29 is 0 Å². The van der Waals surface area contributed by atoms with Gasteiger partial charge in [0.25, 0.3) is 0 Å². The Labute approximate surface area is 100 Å². The van der Waals surface area contributed by atoms with Crippen LogP contribution >= 0.6 is 0 Å². The van der Waals surface area contributed by atoms with Gasteiger partial charge in [0.2, 0.25) is 0 Å². The molecule has 0 unspecified atom stereocenters. The summed E-state index contributed by atoms with van der Waals surface area (Å²) >= 11 is 0. The highest BCUT2D eigenvalue weighted by molar-refractivity contribution is 6.10. The number of allylic oxidation sites excluding steroid dienone is 1. The molecule has 0 aliphatic carbocycles. The minimum atomic E-state index is -0.00977. The molecule has 0 aliphatic heterocycles. The van der Waals surface area contributed by atoms with Gasteiger partial charge in [0.05, 0.1) is 0 Å². The average molecular weight is 226 g/mol. The van der Waals surface area contributed by atoms with Gasteiger partial charge >= 0.3 is 0 Å². The standard InChI is InChI=1S/C13H14N4/c1-10(6-5-9-14)12(15)17-13(16)11-7-3-2-4-8-11/h2-9,14H,1H2,(H3,15,16,17)/b6-5-,14-9?. The molecular formula is C13H14N4. The Morgan fingerprint density at radius 3 is 2.53 bits per heavy atom. The molecule has 86 valence electrons. The van der Waals surface area contributed by atoms with Gasteiger partial charge in [0.15, 0.2) is 5.84 Å². The van der Waals surface area contributed by atoms with Gasteiger partial charge in [0, 0.05) is 17.4 Å². The Morgan fingerprint density at radius 1 is 1.29 bits per heavy atom. The molecular weight excluding hydrogens is 212 g/mol. The third-order valence-electron chi connectivity index (χ3n) is 2.00. The lowest BCUT2D eigenvalue weighted by molar-refractivity contribution is 1.41. The van der Waals surface area contributed by atoms with E-state index in [1.165, 1.54) is 12.2 Å². The molecule has 4 nitrogen and oxygen atoms in total. The van der Waals surface area contributed by atoms with E-state index in [4.69, 9.17) is 16.6 Å². The summed E-state index contributed by atoms with van der Waals surface area (Å²) in [6.07, 6.45) is 4.13. The summed E-state index contributed by atoms with van der Waals surface area (Å²) in [5.74, 6) is 0.268. The molecule has 0 spiro atoms. The maximum absolute atomic E-state index is 7.66. The fourth-order valence-electron chi connectivity index (χ4n) is 1.11. The molecule has 0 saturated carbocycles. The fourth-order valence-corrected chi connectivity index (χ4v) is 1.11. The minimum Gasteiger partial charge on any atom is -0.383 e. The lowest BCUT2D eigenvalue weighted by Crippen LogP contribution is -2.15. The molecule has 0 heterocycles. The number of benzene rings is 1. The van der Waals surface area contributed by atoms with Crippen molar-refractivity contribution in [3.63, 3.8) is 0 Å². The van der Waals surface area contributed by atoms with Crippen LogP contribution in [0.25, 0.3) is 0 Å². The highest BCUT2D eigenvalue weighted by atomic mass is 14.9. The summed E-state index contributed by atoms with van der Waals surface area (Å²) in [4.78, 5) is 3.95. The minimum absolute atomic E-state index is 0.00977. The highest BCUT2D eigenvalue weighted by Gasteiger charge is 2.01. The average Bonchev–Trinajstić information content (AvgIpc) is 2.36. The lowest BCUT2D eigenvalue weighted by atomic mass is 10.2. The van der Waals surface area contributed by atoms with Gasteiger partial charge in [-0.25, -0.2) is 4.99 Å². The third-order valence-corrected chi connectivity index (χ3v) is 2.00. The van der Waals surface area contributed by atoms with E-state index < -0.39 is 0 Å². The van der Waals surface area contributed by atoms with Crippen LogP contribution in [0.1, 0.15) is 5.56 Å². The molecule has 0 aliphatic rings. The number of nitrogens with zero attached hydrogens (tertiary/aromatic N) is 1. The van der Waals surface area contributed by atoms with Crippen molar-refractivity contribution in [3.8, 4) is 0 Å². The maximum atomic E-state index is 7.66. The summed E-state index contributed by atoms with van der Waals surface area (Å²) in [5, 5.41) is 14.5. The zero-order chi connectivity index (χ0) is 12.7. The van der Waals surface area contributed by atoms with Crippen LogP contribution in [0, 0.1) is 10.8 Å². The van der Waals surface area contributed by atoms with Crippen LogP contribution in [0.4, 0.5) is 0 Å². The summed E-state index contributed by atoms with van der Waals surface area (Å²) in [5.41, 5.74) is 6.94. The molecule has 0 radical (unpaired) electrons. The molecule has 4 N–H and O–H groups in total. The molecule has 0 amide bonds. The molecule has 0 bridgehead atoms. The molecule has 4 heteroatoms. The maximum Gasteiger partial charge on any atom is 0.153 e. The molecule has 1 aromatic carbocycles. The molecule has 1 aromatic rings.